The number of aryl methyl sites for hydroxylation is 1. The van der Waals surface area contributed by atoms with Gasteiger partial charge in [-0.3, -0.25) is 9.52 Å². The first kappa shape index (κ1) is 21.8. The van der Waals surface area contributed by atoms with Crippen molar-refractivity contribution in [3.05, 3.63) is 53.1 Å². The lowest BCUT2D eigenvalue weighted by molar-refractivity contribution is 0.102. The number of carbonyl (C=O) groups excluding carboxylic acids is 1. The predicted octanol–water partition coefficient (Wildman–Crippen LogP) is 3.71. The largest absolute Gasteiger partial charge is 0.399 e. The van der Waals surface area contributed by atoms with E-state index in [1.165, 1.54) is 0 Å². The van der Waals surface area contributed by atoms with Crippen LogP contribution in [-0.4, -0.2) is 20.1 Å². The number of hydrogen-bond acceptors (Lipinski definition) is 4. The highest BCUT2D eigenvalue weighted by atomic mass is 35.5. The lowest BCUT2D eigenvalue weighted by atomic mass is 10.1. The zero-order valence-electron chi connectivity index (χ0n) is 15.0. The summed E-state index contributed by atoms with van der Waals surface area (Å²) in [5, 5.41) is 2.82. The van der Waals surface area contributed by atoms with Crippen molar-refractivity contribution in [1.29, 1.82) is 0 Å². The third kappa shape index (κ3) is 5.37. The molecule has 0 heterocycles. The molecule has 8 heteroatoms. The van der Waals surface area contributed by atoms with Gasteiger partial charge in [-0.05, 0) is 55.7 Å². The first-order chi connectivity index (χ1) is 11.7. The van der Waals surface area contributed by atoms with Crippen LogP contribution in [0.3, 0.4) is 0 Å². The van der Waals surface area contributed by atoms with Gasteiger partial charge in [-0.25, -0.2) is 8.42 Å². The second kappa shape index (κ2) is 8.91. The highest BCUT2D eigenvalue weighted by molar-refractivity contribution is 7.92. The van der Waals surface area contributed by atoms with Gasteiger partial charge >= 0.3 is 0 Å². The zero-order valence-corrected chi connectivity index (χ0v) is 16.6. The average molecular weight is 398 g/mol. The van der Waals surface area contributed by atoms with Crippen molar-refractivity contribution in [2.45, 2.75) is 27.2 Å². The topological polar surface area (TPSA) is 101 Å². The van der Waals surface area contributed by atoms with Gasteiger partial charge in [0.15, 0.2) is 0 Å². The van der Waals surface area contributed by atoms with Crippen molar-refractivity contribution < 1.29 is 13.2 Å². The van der Waals surface area contributed by atoms with Crippen LogP contribution in [0.2, 0.25) is 0 Å². The first-order valence-corrected chi connectivity index (χ1v) is 9.66. The van der Waals surface area contributed by atoms with Gasteiger partial charge < -0.3 is 11.1 Å². The van der Waals surface area contributed by atoms with E-state index in [9.17, 15) is 13.2 Å². The number of anilines is 3. The van der Waals surface area contributed by atoms with E-state index >= 15 is 0 Å². The minimum Gasteiger partial charge on any atom is -0.399 e. The Hall–Kier alpha value is -2.25. The smallest absolute Gasteiger partial charge is 0.256 e. The van der Waals surface area contributed by atoms with Crippen LogP contribution >= 0.6 is 12.4 Å². The molecule has 0 aliphatic rings. The summed E-state index contributed by atoms with van der Waals surface area (Å²) in [6.45, 7) is 5.39. The molecule has 0 unspecified atom stereocenters. The van der Waals surface area contributed by atoms with Crippen molar-refractivity contribution in [2.24, 2.45) is 0 Å². The molecule has 0 aliphatic heterocycles. The molecule has 0 spiro atoms. The molecule has 2 rings (SSSR count). The van der Waals surface area contributed by atoms with E-state index < -0.39 is 10.0 Å². The maximum Gasteiger partial charge on any atom is 0.256 e. The molecule has 6 nitrogen and oxygen atoms in total. The van der Waals surface area contributed by atoms with Gasteiger partial charge in [0, 0.05) is 16.9 Å². The van der Waals surface area contributed by atoms with Gasteiger partial charge in [0.1, 0.15) is 0 Å². The van der Waals surface area contributed by atoms with Crippen LogP contribution in [-0.2, 0) is 10.0 Å². The number of amides is 1. The van der Waals surface area contributed by atoms with Gasteiger partial charge in [0.05, 0.1) is 11.4 Å². The highest BCUT2D eigenvalue weighted by Gasteiger charge is 2.15. The molecule has 2 aromatic rings. The number of nitrogen functional groups attached to an aromatic ring is 1. The van der Waals surface area contributed by atoms with Crippen molar-refractivity contribution in [2.75, 3.05) is 21.5 Å². The van der Waals surface area contributed by atoms with E-state index in [1.54, 1.807) is 50.2 Å². The normalized spacial score (nSPS) is 10.7. The van der Waals surface area contributed by atoms with Crippen molar-refractivity contribution >= 4 is 45.4 Å². The standard InChI is InChI=1S/C18H23N3O3S.ClH/c1-4-10-25(23,24)21-17-7-5-6-16(13(17)3)20-18(22)15-11-14(19)9-8-12(15)2;/h5-9,11,21H,4,10,19H2,1-3H3,(H,20,22);1H. The van der Waals surface area contributed by atoms with Gasteiger partial charge in [-0.15, -0.1) is 12.4 Å². The summed E-state index contributed by atoms with van der Waals surface area (Å²) in [7, 11) is -3.40. The molecule has 0 saturated carbocycles. The zero-order chi connectivity index (χ0) is 18.6. The number of rotatable bonds is 6. The molecule has 0 atom stereocenters. The Bertz CT molecular complexity index is 899. The van der Waals surface area contributed by atoms with E-state index in [0.717, 1.165) is 5.56 Å². The van der Waals surface area contributed by atoms with Crippen LogP contribution in [0, 0.1) is 13.8 Å². The van der Waals surface area contributed by atoms with Crippen LogP contribution in [0.25, 0.3) is 0 Å². The SMILES string of the molecule is CCCS(=O)(=O)Nc1cccc(NC(=O)c2cc(N)ccc2C)c1C.Cl. The number of hydrogen-bond donors (Lipinski definition) is 3. The Labute approximate surface area is 160 Å². The van der Waals surface area contributed by atoms with E-state index in [1.807, 2.05) is 6.92 Å². The van der Waals surface area contributed by atoms with Crippen LogP contribution in [0.5, 0.6) is 0 Å². The number of sulfonamides is 1. The molecule has 0 saturated heterocycles. The summed E-state index contributed by atoms with van der Waals surface area (Å²) in [6.07, 6.45) is 0.527. The fourth-order valence-corrected chi connectivity index (χ4v) is 3.64. The summed E-state index contributed by atoms with van der Waals surface area (Å²) < 4.78 is 26.5. The number of benzene rings is 2. The second-order valence-electron chi connectivity index (χ2n) is 5.93. The number of nitrogens with two attached hydrogens (primary N) is 1. The summed E-state index contributed by atoms with van der Waals surface area (Å²) in [6, 6.07) is 10.2. The summed E-state index contributed by atoms with van der Waals surface area (Å²) in [5.74, 6) is -0.243. The maximum absolute atomic E-state index is 12.5. The van der Waals surface area contributed by atoms with Crippen LogP contribution in [0.15, 0.2) is 36.4 Å². The molecule has 0 bridgehead atoms. The summed E-state index contributed by atoms with van der Waals surface area (Å²) in [4.78, 5) is 12.5. The van der Waals surface area contributed by atoms with Gasteiger partial charge in [-0.1, -0.05) is 19.1 Å². The molecule has 26 heavy (non-hydrogen) atoms. The third-order valence-corrected chi connectivity index (χ3v) is 5.30. The van der Waals surface area contributed by atoms with Gasteiger partial charge in [0.2, 0.25) is 10.0 Å². The quantitative estimate of drug-likeness (QED) is 0.646. The molecule has 2 aromatic carbocycles. The monoisotopic (exact) mass is 397 g/mol. The van der Waals surface area contributed by atoms with E-state index in [-0.39, 0.29) is 24.1 Å². The minimum atomic E-state index is -3.40. The number of nitrogens with one attached hydrogen (secondary N) is 2. The summed E-state index contributed by atoms with van der Waals surface area (Å²) in [5.41, 5.74) is 9.20. The van der Waals surface area contributed by atoms with Crippen molar-refractivity contribution in [1.82, 2.24) is 0 Å². The molecule has 0 aliphatic carbocycles. The number of halogens is 1. The molecule has 0 fully saturated rings. The Morgan fingerprint density at radius 3 is 2.42 bits per heavy atom. The van der Waals surface area contributed by atoms with Crippen molar-refractivity contribution in [3.8, 4) is 0 Å². The predicted molar refractivity (Wildman–Crippen MR) is 110 cm³/mol. The molecule has 0 radical (unpaired) electrons. The lowest BCUT2D eigenvalue weighted by Gasteiger charge is -2.15. The van der Waals surface area contributed by atoms with E-state index in [2.05, 4.69) is 10.0 Å². The lowest BCUT2D eigenvalue weighted by Crippen LogP contribution is -2.18. The summed E-state index contributed by atoms with van der Waals surface area (Å²) >= 11 is 0. The average Bonchev–Trinajstić information content (AvgIpc) is 2.53. The maximum atomic E-state index is 12.5. The minimum absolute atomic E-state index is 0. The second-order valence-corrected chi connectivity index (χ2v) is 7.77. The van der Waals surface area contributed by atoms with Crippen LogP contribution in [0.4, 0.5) is 17.1 Å². The number of carbonyl (C=O) groups is 1. The molecule has 4 N–H and O–H groups in total. The Kier molecular flexibility index (Phi) is 7.47. The molecular weight excluding hydrogens is 374 g/mol. The van der Waals surface area contributed by atoms with E-state index in [4.69, 9.17) is 5.73 Å². The Morgan fingerprint density at radius 1 is 1.12 bits per heavy atom. The van der Waals surface area contributed by atoms with E-state index in [0.29, 0.717) is 34.6 Å². The molecule has 142 valence electrons. The highest BCUT2D eigenvalue weighted by Crippen LogP contribution is 2.25. The Morgan fingerprint density at radius 2 is 1.77 bits per heavy atom. The molecule has 1 amide bonds. The molecule has 0 aromatic heterocycles. The van der Waals surface area contributed by atoms with Gasteiger partial charge in [-0.2, -0.15) is 0 Å². The van der Waals surface area contributed by atoms with Crippen LogP contribution in [0.1, 0.15) is 34.8 Å². The van der Waals surface area contributed by atoms with Crippen molar-refractivity contribution in [3.63, 3.8) is 0 Å². The van der Waals surface area contributed by atoms with Crippen LogP contribution < -0.4 is 15.8 Å². The third-order valence-electron chi connectivity index (χ3n) is 3.83. The first-order valence-electron chi connectivity index (χ1n) is 8.01. The molecular formula is C18H24ClN3O3S. The fraction of sp³-hybridized carbons (Fsp3) is 0.278. The fourth-order valence-electron chi connectivity index (χ4n) is 2.44. The van der Waals surface area contributed by atoms with Gasteiger partial charge in [0.25, 0.3) is 5.91 Å². The Balaban J connectivity index is 0.00000338.